The van der Waals surface area contributed by atoms with Crippen molar-refractivity contribution in [3.63, 3.8) is 0 Å². The third kappa shape index (κ3) is 4.63. The van der Waals surface area contributed by atoms with E-state index in [4.69, 9.17) is 0 Å². The standard InChI is InChI=1S/C15H15F6NS/c1-10(2)12-3-4-22-14(8-12)6-11-5-13(16)9-15(7-11)23(17,18,19,20)21/h3-5,7-10H,6H2,1-2H3. The molecule has 23 heavy (non-hydrogen) atoms. The predicted molar refractivity (Wildman–Crippen MR) is 78.9 cm³/mol. The molecule has 128 valence electrons. The number of hydrogen-bond acceptors (Lipinski definition) is 1. The molecule has 0 saturated heterocycles. The first-order valence-corrected chi connectivity index (χ1v) is 8.68. The minimum absolute atomic E-state index is 0.167. The quantitative estimate of drug-likeness (QED) is 0.564. The highest BCUT2D eigenvalue weighted by atomic mass is 32.5. The zero-order chi connectivity index (χ0) is 17.5. The molecule has 8 heteroatoms. The predicted octanol–water partition coefficient (Wildman–Crippen LogP) is 6.59. The SMILES string of the molecule is CC(C)c1ccnc(Cc2cc(F)cc(S(F)(F)(F)(F)F)c2)c1. The largest absolute Gasteiger partial charge is 0.310 e. The average Bonchev–Trinajstić information content (AvgIpc) is 2.35. The summed E-state index contributed by atoms with van der Waals surface area (Å²) in [6, 6.07) is 4.32. The van der Waals surface area contributed by atoms with Crippen molar-refractivity contribution in [3.8, 4) is 0 Å². The van der Waals surface area contributed by atoms with Crippen molar-refractivity contribution < 1.29 is 23.8 Å². The zero-order valence-corrected chi connectivity index (χ0v) is 13.2. The van der Waals surface area contributed by atoms with Crippen molar-refractivity contribution in [2.24, 2.45) is 0 Å². The molecule has 0 atom stereocenters. The van der Waals surface area contributed by atoms with E-state index in [1.54, 1.807) is 12.1 Å². The summed E-state index contributed by atoms with van der Waals surface area (Å²) in [4.78, 5) is 1.77. The van der Waals surface area contributed by atoms with Gasteiger partial charge in [-0.15, -0.1) is 0 Å². The number of hydrogen-bond donors (Lipinski definition) is 0. The number of halogens is 6. The molecule has 0 saturated carbocycles. The van der Waals surface area contributed by atoms with Crippen molar-refractivity contribution in [1.29, 1.82) is 0 Å². The van der Waals surface area contributed by atoms with Gasteiger partial charge < -0.3 is 0 Å². The number of benzene rings is 1. The van der Waals surface area contributed by atoms with Gasteiger partial charge in [0.15, 0.2) is 0 Å². The summed E-state index contributed by atoms with van der Waals surface area (Å²) in [5.41, 5.74) is 1.08. The first-order chi connectivity index (χ1) is 10.2. The van der Waals surface area contributed by atoms with Gasteiger partial charge in [0.05, 0.1) is 0 Å². The van der Waals surface area contributed by atoms with E-state index in [0.717, 1.165) is 11.6 Å². The van der Waals surface area contributed by atoms with Gasteiger partial charge in [-0.3, -0.25) is 4.98 Å². The molecule has 0 amide bonds. The Kier molecular flexibility index (Phi) is 3.76. The molecule has 2 aromatic rings. The van der Waals surface area contributed by atoms with Gasteiger partial charge in [0.1, 0.15) is 10.7 Å². The topological polar surface area (TPSA) is 12.9 Å². The summed E-state index contributed by atoms with van der Waals surface area (Å²) in [5.74, 6) is -1.18. The lowest BCUT2D eigenvalue weighted by Crippen LogP contribution is -2.07. The van der Waals surface area contributed by atoms with Crippen LogP contribution in [0.2, 0.25) is 0 Å². The summed E-state index contributed by atoms with van der Waals surface area (Å²) in [5, 5.41) is 0. The van der Waals surface area contributed by atoms with E-state index in [-0.39, 0.29) is 30.0 Å². The Morgan fingerprint density at radius 2 is 1.65 bits per heavy atom. The highest BCUT2D eigenvalue weighted by molar-refractivity contribution is 8.45. The van der Waals surface area contributed by atoms with Crippen LogP contribution in [0.15, 0.2) is 41.4 Å². The lowest BCUT2D eigenvalue weighted by atomic mass is 10.0. The zero-order valence-electron chi connectivity index (χ0n) is 12.4. The van der Waals surface area contributed by atoms with Gasteiger partial charge in [0.25, 0.3) is 0 Å². The van der Waals surface area contributed by atoms with Crippen LogP contribution >= 0.6 is 10.2 Å². The fourth-order valence-electron chi connectivity index (χ4n) is 2.11. The molecule has 0 aliphatic heterocycles. The van der Waals surface area contributed by atoms with E-state index in [9.17, 15) is 23.8 Å². The summed E-state index contributed by atoms with van der Waals surface area (Å²) >= 11 is 0. The second kappa shape index (κ2) is 4.90. The smallest absolute Gasteiger partial charge is 0.261 e. The van der Waals surface area contributed by atoms with Crippen LogP contribution in [0.4, 0.5) is 23.8 Å². The van der Waals surface area contributed by atoms with Crippen molar-refractivity contribution in [2.45, 2.75) is 31.1 Å². The van der Waals surface area contributed by atoms with Crippen LogP contribution in [-0.2, 0) is 6.42 Å². The molecule has 0 fully saturated rings. The average molecular weight is 355 g/mol. The molecule has 1 heterocycles. The number of nitrogens with zero attached hydrogens (tertiary/aromatic N) is 1. The van der Waals surface area contributed by atoms with Crippen molar-refractivity contribution in [1.82, 2.24) is 4.98 Å². The number of pyridine rings is 1. The summed E-state index contributed by atoms with van der Waals surface area (Å²) < 4.78 is 77.5. The Labute approximate surface area is 130 Å². The Hall–Kier alpha value is -1.70. The summed E-state index contributed by atoms with van der Waals surface area (Å²) in [6.45, 7) is 3.85. The Morgan fingerprint density at radius 3 is 2.22 bits per heavy atom. The van der Waals surface area contributed by atoms with Crippen LogP contribution in [0.3, 0.4) is 0 Å². The molecule has 2 rings (SSSR count). The third-order valence-corrected chi connectivity index (χ3v) is 4.40. The van der Waals surface area contributed by atoms with Gasteiger partial charge in [-0.2, -0.15) is 0 Å². The van der Waals surface area contributed by atoms with Gasteiger partial charge in [-0.05, 0) is 47.4 Å². The van der Waals surface area contributed by atoms with Gasteiger partial charge in [-0.25, -0.2) is 4.39 Å². The van der Waals surface area contributed by atoms with Gasteiger partial charge in [0.2, 0.25) is 0 Å². The fraction of sp³-hybridized carbons (Fsp3) is 0.267. The molecule has 0 unspecified atom stereocenters. The van der Waals surface area contributed by atoms with E-state index >= 15 is 0 Å². The van der Waals surface area contributed by atoms with E-state index in [1.165, 1.54) is 6.20 Å². The minimum atomic E-state index is -9.91. The Morgan fingerprint density at radius 1 is 1.00 bits per heavy atom. The van der Waals surface area contributed by atoms with E-state index in [1.807, 2.05) is 13.8 Å². The Bertz CT molecular complexity index is 739. The monoisotopic (exact) mass is 355 g/mol. The van der Waals surface area contributed by atoms with Crippen LogP contribution in [0.1, 0.15) is 36.6 Å². The summed E-state index contributed by atoms with van der Waals surface area (Å²) in [7, 11) is -9.91. The first kappa shape index (κ1) is 17.7. The van der Waals surface area contributed by atoms with Crippen LogP contribution < -0.4 is 0 Å². The maximum atomic E-state index is 13.4. The van der Waals surface area contributed by atoms with Crippen LogP contribution in [0.5, 0.6) is 0 Å². The normalized spacial score (nSPS) is 15.3. The van der Waals surface area contributed by atoms with Crippen molar-refractivity contribution >= 4 is 10.2 Å². The van der Waals surface area contributed by atoms with E-state index in [2.05, 4.69) is 4.98 Å². The maximum absolute atomic E-state index is 13.4. The summed E-state index contributed by atoms with van der Waals surface area (Å²) in [6.07, 6.45) is 1.31. The molecule has 0 radical (unpaired) electrons. The molecule has 1 nitrogen and oxygen atoms in total. The van der Waals surface area contributed by atoms with Crippen molar-refractivity contribution in [2.75, 3.05) is 0 Å². The van der Waals surface area contributed by atoms with Crippen LogP contribution in [0, 0.1) is 5.82 Å². The second-order valence-electron chi connectivity index (χ2n) is 5.68. The van der Waals surface area contributed by atoms with E-state index in [0.29, 0.717) is 5.69 Å². The Balaban J connectivity index is 2.43. The molecular formula is C15H15F6NS. The molecule has 0 N–H and O–H groups in total. The number of rotatable bonds is 4. The molecule has 0 bridgehead atoms. The van der Waals surface area contributed by atoms with Crippen LogP contribution in [0.25, 0.3) is 0 Å². The first-order valence-electron chi connectivity index (χ1n) is 6.73. The molecule has 0 spiro atoms. The van der Waals surface area contributed by atoms with Crippen molar-refractivity contribution in [3.05, 3.63) is 59.2 Å². The molecular weight excluding hydrogens is 340 g/mol. The van der Waals surface area contributed by atoms with Gasteiger partial charge >= 0.3 is 10.2 Å². The lowest BCUT2D eigenvalue weighted by molar-refractivity contribution is 0.362. The minimum Gasteiger partial charge on any atom is -0.261 e. The second-order valence-corrected chi connectivity index (χ2v) is 8.09. The van der Waals surface area contributed by atoms with Gasteiger partial charge in [-0.1, -0.05) is 33.3 Å². The highest BCUT2D eigenvalue weighted by Crippen LogP contribution is 3.02. The molecule has 0 aliphatic carbocycles. The molecule has 1 aromatic heterocycles. The van der Waals surface area contributed by atoms with E-state index < -0.39 is 20.9 Å². The molecule has 1 aromatic carbocycles. The van der Waals surface area contributed by atoms with Gasteiger partial charge in [0, 0.05) is 18.3 Å². The fourth-order valence-corrected chi connectivity index (χ4v) is 2.82. The number of aromatic nitrogens is 1. The third-order valence-electron chi connectivity index (χ3n) is 3.27. The maximum Gasteiger partial charge on any atom is 0.310 e. The van der Waals surface area contributed by atoms with Crippen LogP contribution in [-0.4, -0.2) is 4.98 Å². The molecule has 0 aliphatic rings. The highest BCUT2D eigenvalue weighted by Gasteiger charge is 2.65. The lowest BCUT2D eigenvalue weighted by Gasteiger charge is -2.40.